The Balaban J connectivity index is 1.48. The largest absolute Gasteiger partial charge is 0.355 e. The van der Waals surface area contributed by atoms with Crippen molar-refractivity contribution in [3.05, 3.63) is 130 Å². The summed E-state index contributed by atoms with van der Waals surface area (Å²) in [4.78, 5) is 31.5. The molecule has 0 bridgehead atoms. The second-order valence-corrected chi connectivity index (χ2v) is 8.90. The maximum Gasteiger partial charge on any atom is 0.274 e. The molecule has 1 atom stereocenters. The molecule has 9 heteroatoms. The van der Waals surface area contributed by atoms with Crippen LogP contribution in [0.3, 0.4) is 0 Å². The number of aromatic amines is 1. The van der Waals surface area contributed by atoms with Crippen LogP contribution in [0.25, 0.3) is 28.3 Å². The molecule has 0 saturated carbocycles. The molecule has 2 N–H and O–H groups in total. The summed E-state index contributed by atoms with van der Waals surface area (Å²) in [6.45, 7) is 1.78. The monoisotopic (exact) mass is 510 g/mol. The highest BCUT2D eigenvalue weighted by atomic mass is 16.1. The number of aryl methyl sites for hydroxylation is 1. The van der Waals surface area contributed by atoms with E-state index in [1.165, 1.54) is 10.6 Å². The fourth-order valence-corrected chi connectivity index (χ4v) is 4.46. The molecule has 39 heavy (non-hydrogen) atoms. The molecule has 0 aliphatic rings. The van der Waals surface area contributed by atoms with Crippen LogP contribution >= 0.6 is 0 Å². The average Bonchev–Trinajstić information content (AvgIpc) is 3.41. The number of rotatable bonds is 6. The second kappa shape index (κ2) is 10.0. The van der Waals surface area contributed by atoms with Crippen molar-refractivity contribution in [1.29, 1.82) is 5.26 Å². The number of nitrogens with zero attached hydrogens (tertiary/aromatic N) is 6. The summed E-state index contributed by atoms with van der Waals surface area (Å²) < 4.78 is 1.31. The molecule has 3 aromatic heterocycles. The van der Waals surface area contributed by atoms with Crippen molar-refractivity contribution in [1.82, 2.24) is 29.5 Å². The van der Waals surface area contributed by atoms with Crippen LogP contribution in [0, 0.1) is 18.3 Å². The van der Waals surface area contributed by atoms with Crippen LogP contribution in [0.4, 0.5) is 5.82 Å². The van der Waals surface area contributed by atoms with Gasteiger partial charge >= 0.3 is 0 Å². The summed E-state index contributed by atoms with van der Waals surface area (Å²) in [7, 11) is 0. The minimum atomic E-state index is -0.572. The van der Waals surface area contributed by atoms with Gasteiger partial charge in [0.25, 0.3) is 11.3 Å². The molecule has 0 aliphatic carbocycles. The SMILES string of the molecule is Cc1nc(NC(c2ccccc2)c2nc3nc(-c4ccccc4)cc(=O)n3[nH]2)c(C#N)c(-c2ccccc2)n1. The molecule has 0 fully saturated rings. The van der Waals surface area contributed by atoms with Gasteiger partial charge in [-0.2, -0.15) is 14.8 Å². The number of H-pyrrole nitrogens is 1. The zero-order chi connectivity index (χ0) is 26.8. The van der Waals surface area contributed by atoms with Gasteiger partial charge in [-0.3, -0.25) is 9.89 Å². The lowest BCUT2D eigenvalue weighted by atomic mass is 10.0. The third kappa shape index (κ3) is 4.63. The molecule has 0 amide bonds. The van der Waals surface area contributed by atoms with Crippen molar-refractivity contribution in [3.63, 3.8) is 0 Å². The summed E-state index contributed by atoms with van der Waals surface area (Å²) in [5, 5.41) is 16.6. The van der Waals surface area contributed by atoms with E-state index in [0.717, 1.165) is 16.7 Å². The highest BCUT2D eigenvalue weighted by Gasteiger charge is 2.23. The van der Waals surface area contributed by atoms with E-state index in [4.69, 9.17) is 4.98 Å². The maximum atomic E-state index is 13.0. The molecule has 3 aromatic carbocycles. The van der Waals surface area contributed by atoms with Crippen molar-refractivity contribution < 1.29 is 0 Å². The van der Waals surface area contributed by atoms with Gasteiger partial charge in [-0.05, 0) is 12.5 Å². The molecule has 0 saturated heterocycles. The van der Waals surface area contributed by atoms with Crippen molar-refractivity contribution in [2.45, 2.75) is 13.0 Å². The van der Waals surface area contributed by atoms with Crippen molar-refractivity contribution in [3.8, 4) is 28.6 Å². The number of hydrogen-bond acceptors (Lipinski definition) is 7. The highest BCUT2D eigenvalue weighted by Crippen LogP contribution is 2.30. The summed E-state index contributed by atoms with van der Waals surface area (Å²) in [6, 6.07) is 31.8. The second-order valence-electron chi connectivity index (χ2n) is 8.90. The van der Waals surface area contributed by atoms with Gasteiger partial charge in [0.1, 0.15) is 29.3 Å². The van der Waals surface area contributed by atoms with Crippen LogP contribution in [-0.4, -0.2) is 29.5 Å². The van der Waals surface area contributed by atoms with Gasteiger partial charge < -0.3 is 5.32 Å². The lowest BCUT2D eigenvalue weighted by molar-refractivity contribution is 0.794. The molecular weight excluding hydrogens is 488 g/mol. The lowest BCUT2D eigenvalue weighted by Crippen LogP contribution is -2.18. The Morgan fingerprint density at radius 2 is 1.49 bits per heavy atom. The average molecular weight is 511 g/mol. The Kier molecular flexibility index (Phi) is 6.11. The van der Waals surface area contributed by atoms with E-state index in [-0.39, 0.29) is 11.3 Å². The number of fused-ring (bicyclic) bond motifs is 1. The van der Waals surface area contributed by atoms with E-state index in [9.17, 15) is 10.1 Å². The Morgan fingerprint density at radius 1 is 0.846 bits per heavy atom. The highest BCUT2D eigenvalue weighted by molar-refractivity contribution is 5.73. The van der Waals surface area contributed by atoms with Crippen LogP contribution < -0.4 is 10.9 Å². The topological polar surface area (TPSA) is 125 Å². The van der Waals surface area contributed by atoms with E-state index < -0.39 is 6.04 Å². The number of benzene rings is 3. The van der Waals surface area contributed by atoms with Gasteiger partial charge in [0.15, 0.2) is 5.82 Å². The predicted molar refractivity (Wildman–Crippen MR) is 148 cm³/mol. The van der Waals surface area contributed by atoms with Gasteiger partial charge in [0, 0.05) is 17.2 Å². The molecule has 9 nitrogen and oxygen atoms in total. The Morgan fingerprint density at radius 3 is 2.15 bits per heavy atom. The minimum absolute atomic E-state index is 0.239. The molecule has 0 radical (unpaired) electrons. The molecule has 188 valence electrons. The Labute approximate surface area is 223 Å². The first-order valence-electron chi connectivity index (χ1n) is 12.3. The number of anilines is 1. The van der Waals surface area contributed by atoms with Gasteiger partial charge in [0.2, 0.25) is 0 Å². The van der Waals surface area contributed by atoms with E-state index in [1.54, 1.807) is 6.92 Å². The molecule has 1 unspecified atom stereocenters. The van der Waals surface area contributed by atoms with Crippen LogP contribution in [0.2, 0.25) is 0 Å². The molecular formula is C30H22N8O. The summed E-state index contributed by atoms with van der Waals surface area (Å²) in [5.74, 6) is 1.56. The normalized spacial score (nSPS) is 11.7. The number of aromatic nitrogens is 6. The van der Waals surface area contributed by atoms with Crippen LogP contribution in [0.15, 0.2) is 102 Å². The number of hydrogen-bond donors (Lipinski definition) is 2. The van der Waals surface area contributed by atoms with Gasteiger partial charge in [-0.15, -0.1) is 0 Å². The van der Waals surface area contributed by atoms with E-state index >= 15 is 0 Å². The van der Waals surface area contributed by atoms with Crippen molar-refractivity contribution in [2.75, 3.05) is 5.32 Å². The molecule has 0 aliphatic heterocycles. The standard InChI is InChI=1S/C30H22N8O/c1-19-32-26(21-13-7-3-8-14-21)23(18-31)28(33-19)35-27(22-15-9-4-10-16-22)29-36-30-34-24(17-25(39)38(30)37-29)20-11-5-2-6-12-20/h2-17,27H,1H3,(H,32,33,35)(H,34,36,37). The first-order chi connectivity index (χ1) is 19.1. The zero-order valence-corrected chi connectivity index (χ0v) is 20.9. The Hall–Kier alpha value is -5.62. The molecule has 6 rings (SSSR count). The zero-order valence-electron chi connectivity index (χ0n) is 20.9. The van der Waals surface area contributed by atoms with Gasteiger partial charge in [0.05, 0.1) is 11.4 Å². The first kappa shape index (κ1) is 23.8. The molecule has 3 heterocycles. The predicted octanol–water partition coefficient (Wildman–Crippen LogP) is 4.92. The summed E-state index contributed by atoms with van der Waals surface area (Å²) in [5.41, 5.74) is 3.59. The van der Waals surface area contributed by atoms with Crippen molar-refractivity contribution >= 4 is 11.6 Å². The molecule has 0 spiro atoms. The number of nitrogens with one attached hydrogen (secondary N) is 2. The third-order valence-corrected chi connectivity index (χ3v) is 6.28. The summed E-state index contributed by atoms with van der Waals surface area (Å²) in [6.07, 6.45) is 0. The van der Waals surface area contributed by atoms with Crippen molar-refractivity contribution in [2.24, 2.45) is 0 Å². The maximum absolute atomic E-state index is 13.0. The lowest BCUT2D eigenvalue weighted by Gasteiger charge is -2.19. The van der Waals surface area contributed by atoms with Gasteiger partial charge in [-0.1, -0.05) is 91.0 Å². The third-order valence-electron chi connectivity index (χ3n) is 6.28. The first-order valence-corrected chi connectivity index (χ1v) is 12.3. The minimum Gasteiger partial charge on any atom is -0.355 e. The fourth-order valence-electron chi connectivity index (χ4n) is 4.46. The fraction of sp³-hybridized carbons (Fsp3) is 0.0667. The number of nitriles is 1. The Bertz CT molecular complexity index is 1870. The quantitative estimate of drug-likeness (QED) is 0.326. The smallest absolute Gasteiger partial charge is 0.274 e. The van der Waals surface area contributed by atoms with E-state index in [2.05, 4.69) is 31.4 Å². The molecule has 6 aromatic rings. The van der Waals surface area contributed by atoms with Crippen LogP contribution in [0.5, 0.6) is 0 Å². The van der Waals surface area contributed by atoms with E-state index in [1.807, 2.05) is 91.0 Å². The van der Waals surface area contributed by atoms with Gasteiger partial charge in [-0.25, -0.2) is 15.0 Å². The van der Waals surface area contributed by atoms with Crippen LogP contribution in [0.1, 0.15) is 28.8 Å². The summed E-state index contributed by atoms with van der Waals surface area (Å²) >= 11 is 0. The van der Waals surface area contributed by atoms with Crippen LogP contribution in [-0.2, 0) is 0 Å². The van der Waals surface area contributed by atoms with E-state index in [0.29, 0.717) is 34.4 Å².